The number of fused-ring (bicyclic) bond motifs is 1. The largest absolute Gasteiger partial charge is 0.477 e. The van der Waals surface area contributed by atoms with Crippen LogP contribution >= 0.6 is 34.9 Å². The van der Waals surface area contributed by atoms with Gasteiger partial charge in [0, 0.05) is 17.2 Å². The first kappa shape index (κ1) is 22.1. The van der Waals surface area contributed by atoms with Gasteiger partial charge in [-0.25, -0.2) is 9.59 Å². The topological polar surface area (TPSA) is 148 Å². The average Bonchev–Trinajstić information content (AvgIpc) is 3.20. The van der Waals surface area contributed by atoms with Gasteiger partial charge in [-0.3, -0.25) is 9.69 Å². The second-order valence-electron chi connectivity index (χ2n) is 6.81. The Hall–Kier alpha value is -3.08. The van der Waals surface area contributed by atoms with E-state index in [-0.39, 0.29) is 5.70 Å². The van der Waals surface area contributed by atoms with E-state index in [1.54, 1.807) is 24.3 Å². The SMILES string of the molecule is Cc1nnc(SCC2=C(C(=O)O)N3C(=O)C(NC(=O)Nc4ccc(C#N)cc4)[C@@H]3SC2)s1. The van der Waals surface area contributed by atoms with Gasteiger partial charge >= 0.3 is 12.0 Å². The predicted octanol–water partition coefficient (Wildman–Crippen LogP) is 2.25. The molecule has 1 fully saturated rings. The third kappa shape index (κ3) is 4.43. The van der Waals surface area contributed by atoms with Crippen LogP contribution in [-0.4, -0.2) is 61.0 Å². The quantitative estimate of drug-likeness (QED) is 0.411. The van der Waals surface area contributed by atoms with Gasteiger partial charge in [-0.05, 0) is 36.8 Å². The Kier molecular flexibility index (Phi) is 6.35. The van der Waals surface area contributed by atoms with E-state index in [4.69, 9.17) is 5.26 Å². The van der Waals surface area contributed by atoms with Crippen LogP contribution in [0.5, 0.6) is 0 Å². The highest BCUT2D eigenvalue weighted by Gasteiger charge is 2.54. The van der Waals surface area contributed by atoms with Gasteiger partial charge in [0.15, 0.2) is 4.34 Å². The molecule has 3 heterocycles. The van der Waals surface area contributed by atoms with Crippen LogP contribution in [0.1, 0.15) is 10.6 Å². The Morgan fingerprint density at radius 2 is 2.09 bits per heavy atom. The first-order valence-electron chi connectivity index (χ1n) is 9.28. The molecular weight excluding hydrogens is 472 g/mol. The maximum Gasteiger partial charge on any atom is 0.352 e. The van der Waals surface area contributed by atoms with E-state index in [0.717, 1.165) is 9.35 Å². The summed E-state index contributed by atoms with van der Waals surface area (Å²) in [5, 5.41) is 32.1. The second kappa shape index (κ2) is 9.19. The van der Waals surface area contributed by atoms with E-state index in [0.29, 0.717) is 28.3 Å². The third-order valence-electron chi connectivity index (χ3n) is 4.69. The van der Waals surface area contributed by atoms with Crippen molar-refractivity contribution in [3.8, 4) is 6.07 Å². The van der Waals surface area contributed by atoms with Crippen LogP contribution in [0.3, 0.4) is 0 Å². The summed E-state index contributed by atoms with van der Waals surface area (Å²) in [6.07, 6.45) is 0. The Balaban J connectivity index is 1.41. The smallest absolute Gasteiger partial charge is 0.352 e. The van der Waals surface area contributed by atoms with E-state index in [2.05, 4.69) is 20.8 Å². The zero-order valence-corrected chi connectivity index (χ0v) is 19.0. The van der Waals surface area contributed by atoms with Gasteiger partial charge < -0.3 is 15.7 Å². The molecule has 4 rings (SSSR count). The Bertz CT molecular complexity index is 1160. The molecule has 0 saturated carbocycles. The van der Waals surface area contributed by atoms with Crippen molar-refractivity contribution in [2.45, 2.75) is 22.7 Å². The summed E-state index contributed by atoms with van der Waals surface area (Å²) in [6.45, 7) is 1.84. The average molecular weight is 489 g/mol. The molecule has 3 amide bonds. The minimum Gasteiger partial charge on any atom is -0.477 e. The number of carboxylic acid groups (broad SMARTS) is 1. The molecule has 1 unspecified atom stereocenters. The van der Waals surface area contributed by atoms with Crippen LogP contribution in [0.4, 0.5) is 10.5 Å². The van der Waals surface area contributed by atoms with Crippen molar-refractivity contribution < 1.29 is 19.5 Å². The molecule has 2 aliphatic heterocycles. The number of rotatable bonds is 6. The van der Waals surface area contributed by atoms with Crippen LogP contribution in [-0.2, 0) is 9.59 Å². The number of carbonyl (C=O) groups excluding carboxylic acids is 2. The van der Waals surface area contributed by atoms with Crippen LogP contribution in [0.15, 0.2) is 39.9 Å². The zero-order valence-electron chi connectivity index (χ0n) is 16.6. The number of nitriles is 1. The molecule has 0 bridgehead atoms. The Morgan fingerprint density at radius 3 is 2.72 bits per heavy atom. The van der Waals surface area contributed by atoms with Crippen molar-refractivity contribution >= 4 is 58.5 Å². The molecule has 1 saturated heterocycles. The molecule has 2 aromatic rings. The van der Waals surface area contributed by atoms with E-state index in [1.165, 1.54) is 39.8 Å². The third-order valence-corrected chi connectivity index (χ3v) is 8.08. The monoisotopic (exact) mass is 488 g/mol. The maximum atomic E-state index is 12.7. The molecule has 1 aromatic heterocycles. The number of thioether (sulfide) groups is 2. The number of aromatic nitrogens is 2. The minimum atomic E-state index is -1.17. The molecule has 0 spiro atoms. The first-order chi connectivity index (χ1) is 15.4. The highest BCUT2D eigenvalue weighted by Crippen LogP contribution is 2.41. The van der Waals surface area contributed by atoms with Crippen molar-refractivity contribution in [2.75, 3.05) is 16.8 Å². The summed E-state index contributed by atoms with van der Waals surface area (Å²) in [5.41, 5.74) is 1.53. The molecule has 2 aliphatic rings. The number of hydrogen-bond donors (Lipinski definition) is 3. The number of amides is 3. The number of aliphatic carboxylic acids is 1. The lowest BCUT2D eigenvalue weighted by molar-refractivity contribution is -0.148. The summed E-state index contributed by atoms with van der Waals surface area (Å²) in [4.78, 5) is 38.2. The summed E-state index contributed by atoms with van der Waals surface area (Å²) in [5.74, 6) is -0.829. The van der Waals surface area contributed by atoms with Gasteiger partial charge in [-0.15, -0.1) is 22.0 Å². The number of β-lactam (4-membered cyclic amide) rings is 1. The molecular formula is C19H16N6O4S3. The van der Waals surface area contributed by atoms with Gasteiger partial charge in [0.1, 0.15) is 22.1 Å². The standard InChI is InChI=1S/C19H16N6O4S3/c1-9-23-24-19(32-9)31-8-11-7-30-16-13(15(26)25(16)14(11)17(27)28)22-18(29)21-12-4-2-10(6-20)3-5-12/h2-5,13,16H,7-8H2,1H3,(H,27,28)(H2,21,22,29)/t13?,16-/m0/s1. The van der Waals surface area contributed by atoms with E-state index >= 15 is 0 Å². The zero-order chi connectivity index (χ0) is 22.8. The summed E-state index contributed by atoms with van der Waals surface area (Å²) >= 11 is 4.22. The molecule has 13 heteroatoms. The highest BCUT2D eigenvalue weighted by atomic mass is 32.2. The number of benzene rings is 1. The van der Waals surface area contributed by atoms with E-state index in [1.807, 2.05) is 13.0 Å². The fourth-order valence-corrected chi connectivity index (χ4v) is 6.52. The molecule has 1 aromatic carbocycles. The van der Waals surface area contributed by atoms with Crippen LogP contribution in [0.25, 0.3) is 0 Å². The summed E-state index contributed by atoms with van der Waals surface area (Å²) in [7, 11) is 0. The maximum absolute atomic E-state index is 12.7. The lowest BCUT2D eigenvalue weighted by Crippen LogP contribution is -2.71. The molecule has 0 radical (unpaired) electrons. The second-order valence-corrected chi connectivity index (χ2v) is 10.3. The van der Waals surface area contributed by atoms with Gasteiger partial charge in [0.2, 0.25) is 0 Å². The highest BCUT2D eigenvalue weighted by molar-refractivity contribution is 8.01. The molecule has 2 atom stereocenters. The van der Waals surface area contributed by atoms with Crippen LogP contribution < -0.4 is 10.6 Å². The predicted molar refractivity (Wildman–Crippen MR) is 120 cm³/mol. The number of carbonyl (C=O) groups is 3. The fraction of sp³-hybridized carbons (Fsp3) is 0.263. The van der Waals surface area contributed by atoms with E-state index in [9.17, 15) is 19.5 Å². The molecule has 3 N–H and O–H groups in total. The van der Waals surface area contributed by atoms with Crippen LogP contribution in [0, 0.1) is 18.3 Å². The van der Waals surface area contributed by atoms with Crippen LogP contribution in [0.2, 0.25) is 0 Å². The number of urea groups is 1. The molecule has 32 heavy (non-hydrogen) atoms. The Morgan fingerprint density at radius 1 is 1.34 bits per heavy atom. The first-order valence-corrected chi connectivity index (χ1v) is 12.1. The van der Waals surface area contributed by atoms with Crippen molar-refractivity contribution in [1.82, 2.24) is 20.4 Å². The normalized spacial score (nSPS) is 19.6. The van der Waals surface area contributed by atoms with Crippen molar-refractivity contribution in [1.29, 1.82) is 5.26 Å². The number of carboxylic acids is 1. The summed E-state index contributed by atoms with van der Waals surface area (Å²) in [6, 6.07) is 6.87. The molecule has 10 nitrogen and oxygen atoms in total. The molecule has 164 valence electrons. The number of anilines is 1. The van der Waals surface area contributed by atoms with Crippen molar-refractivity contribution in [3.63, 3.8) is 0 Å². The number of nitrogens with one attached hydrogen (secondary N) is 2. The molecule has 0 aliphatic carbocycles. The van der Waals surface area contributed by atoms with Gasteiger partial charge in [0.05, 0.1) is 11.6 Å². The van der Waals surface area contributed by atoms with Crippen molar-refractivity contribution in [2.24, 2.45) is 0 Å². The fourth-order valence-electron chi connectivity index (χ4n) is 3.22. The van der Waals surface area contributed by atoms with Gasteiger partial charge in [0.25, 0.3) is 5.91 Å². The minimum absolute atomic E-state index is 0.0296. The number of nitrogens with zero attached hydrogens (tertiary/aromatic N) is 4. The Labute approximate surface area is 195 Å². The lowest BCUT2D eigenvalue weighted by Gasteiger charge is -2.49. The van der Waals surface area contributed by atoms with Gasteiger partial charge in [-0.1, -0.05) is 23.1 Å². The van der Waals surface area contributed by atoms with E-state index < -0.39 is 29.3 Å². The number of aryl methyl sites for hydroxylation is 1. The lowest BCUT2D eigenvalue weighted by atomic mass is 10.0. The van der Waals surface area contributed by atoms with Crippen molar-refractivity contribution in [3.05, 3.63) is 46.1 Å². The summed E-state index contributed by atoms with van der Waals surface area (Å²) < 4.78 is 0.737. The number of hydrogen-bond acceptors (Lipinski definition) is 9. The van der Waals surface area contributed by atoms with Gasteiger partial charge in [-0.2, -0.15) is 5.26 Å².